The lowest BCUT2D eigenvalue weighted by molar-refractivity contribution is -0.120. The number of amides is 1. The van der Waals surface area contributed by atoms with Gasteiger partial charge in [0.05, 0.1) is 19.0 Å². The summed E-state index contributed by atoms with van der Waals surface area (Å²) in [6.45, 7) is 1.68. The molecule has 5 heteroatoms. The monoisotopic (exact) mass is 271 g/mol. The Morgan fingerprint density at radius 2 is 1.95 bits per heavy atom. The Morgan fingerprint density at radius 3 is 2.50 bits per heavy atom. The number of benzene rings is 1. The van der Waals surface area contributed by atoms with Crippen molar-refractivity contribution in [2.45, 2.75) is 12.5 Å². The third kappa shape index (κ3) is 2.95. The van der Waals surface area contributed by atoms with Crippen LogP contribution < -0.4 is 15.8 Å². The molecule has 1 aromatic carbocycles. The molecule has 2 aromatic rings. The molecule has 1 atom stereocenters. The Morgan fingerprint density at radius 1 is 1.25 bits per heavy atom. The number of carbonyl (C=O) groups is 1. The molecular weight excluding hydrogens is 254 g/mol. The molecule has 0 radical (unpaired) electrons. The molecular formula is C15H17N3O2. The number of ether oxygens (including phenoxy) is 1. The summed E-state index contributed by atoms with van der Waals surface area (Å²) >= 11 is 0. The van der Waals surface area contributed by atoms with Gasteiger partial charge in [0, 0.05) is 6.07 Å². The molecule has 2 rings (SSSR count). The third-order valence-corrected chi connectivity index (χ3v) is 3.05. The quantitative estimate of drug-likeness (QED) is 0.890. The van der Waals surface area contributed by atoms with Gasteiger partial charge in [-0.1, -0.05) is 30.3 Å². The van der Waals surface area contributed by atoms with Gasteiger partial charge in [-0.25, -0.2) is 4.98 Å². The Kier molecular flexibility index (Phi) is 4.00. The summed E-state index contributed by atoms with van der Waals surface area (Å²) in [6, 6.07) is 12.6. The summed E-state index contributed by atoms with van der Waals surface area (Å²) in [6.07, 6.45) is 1.53. The van der Waals surface area contributed by atoms with Crippen LogP contribution in [0.15, 0.2) is 48.7 Å². The Hall–Kier alpha value is -2.40. The van der Waals surface area contributed by atoms with Crippen molar-refractivity contribution >= 4 is 11.6 Å². The van der Waals surface area contributed by atoms with E-state index in [4.69, 9.17) is 10.5 Å². The van der Waals surface area contributed by atoms with Crippen LogP contribution in [0.4, 0.5) is 5.69 Å². The van der Waals surface area contributed by atoms with Crippen molar-refractivity contribution in [3.8, 4) is 5.88 Å². The number of nitrogens with zero attached hydrogens (tertiary/aromatic N) is 1. The van der Waals surface area contributed by atoms with E-state index in [1.54, 1.807) is 19.1 Å². The number of aromatic nitrogens is 1. The maximum Gasteiger partial charge on any atom is 0.248 e. The Labute approximate surface area is 117 Å². The van der Waals surface area contributed by atoms with Crippen LogP contribution in [0.2, 0.25) is 0 Å². The van der Waals surface area contributed by atoms with E-state index >= 15 is 0 Å². The first-order chi connectivity index (χ1) is 9.54. The molecule has 0 aliphatic rings. The highest BCUT2D eigenvalue weighted by molar-refractivity contribution is 5.98. The van der Waals surface area contributed by atoms with Crippen LogP contribution in [0.25, 0.3) is 0 Å². The van der Waals surface area contributed by atoms with Crippen molar-refractivity contribution in [3.05, 3.63) is 54.2 Å². The maximum atomic E-state index is 12.3. The van der Waals surface area contributed by atoms with Crippen molar-refractivity contribution < 1.29 is 9.53 Å². The maximum absolute atomic E-state index is 12.3. The highest BCUT2D eigenvalue weighted by Crippen LogP contribution is 2.20. The van der Waals surface area contributed by atoms with Crippen molar-refractivity contribution in [1.29, 1.82) is 0 Å². The highest BCUT2D eigenvalue weighted by Gasteiger charge is 2.30. The van der Waals surface area contributed by atoms with Gasteiger partial charge in [-0.05, 0) is 18.6 Å². The van der Waals surface area contributed by atoms with Crippen LogP contribution in [0.1, 0.15) is 12.5 Å². The minimum Gasteiger partial charge on any atom is -0.481 e. The number of hydrogen-bond donors (Lipinski definition) is 2. The summed E-state index contributed by atoms with van der Waals surface area (Å²) in [5.74, 6) is 0.192. The zero-order chi connectivity index (χ0) is 14.6. The molecule has 0 fully saturated rings. The average Bonchev–Trinajstić information content (AvgIpc) is 2.49. The smallest absolute Gasteiger partial charge is 0.248 e. The van der Waals surface area contributed by atoms with Crippen molar-refractivity contribution in [2.75, 3.05) is 12.4 Å². The predicted octanol–water partition coefficient (Wildman–Crippen LogP) is 1.90. The largest absolute Gasteiger partial charge is 0.481 e. The molecule has 3 N–H and O–H groups in total. The van der Waals surface area contributed by atoms with Gasteiger partial charge in [-0.15, -0.1) is 0 Å². The number of carbonyl (C=O) groups excluding carboxylic acids is 1. The van der Waals surface area contributed by atoms with E-state index in [2.05, 4.69) is 10.3 Å². The van der Waals surface area contributed by atoms with Crippen LogP contribution in [-0.2, 0) is 10.3 Å². The third-order valence-electron chi connectivity index (χ3n) is 3.05. The Bertz CT molecular complexity index is 580. The van der Waals surface area contributed by atoms with Gasteiger partial charge >= 0.3 is 0 Å². The minimum atomic E-state index is -1.11. The number of nitrogens with two attached hydrogens (primary N) is 1. The number of hydrogen-bond acceptors (Lipinski definition) is 4. The molecule has 0 saturated carbocycles. The SMILES string of the molecule is COc1ccc(NC(=O)C(C)(N)c2ccccc2)cn1. The lowest BCUT2D eigenvalue weighted by atomic mass is 9.92. The van der Waals surface area contributed by atoms with Crippen molar-refractivity contribution in [1.82, 2.24) is 4.98 Å². The fourth-order valence-electron chi connectivity index (χ4n) is 1.75. The lowest BCUT2D eigenvalue weighted by Crippen LogP contribution is -2.45. The predicted molar refractivity (Wildman–Crippen MR) is 77.4 cm³/mol. The molecule has 20 heavy (non-hydrogen) atoms. The van der Waals surface area contributed by atoms with Crippen LogP contribution >= 0.6 is 0 Å². The molecule has 0 aliphatic heterocycles. The number of pyridine rings is 1. The van der Waals surface area contributed by atoms with Crippen LogP contribution in [0.3, 0.4) is 0 Å². The van der Waals surface area contributed by atoms with Crippen LogP contribution in [0.5, 0.6) is 5.88 Å². The molecule has 0 saturated heterocycles. The average molecular weight is 271 g/mol. The number of nitrogens with one attached hydrogen (secondary N) is 1. The summed E-state index contributed by atoms with van der Waals surface area (Å²) in [5, 5.41) is 2.75. The molecule has 0 spiro atoms. The van der Waals surface area contributed by atoms with E-state index in [1.807, 2.05) is 30.3 Å². The zero-order valence-electron chi connectivity index (χ0n) is 11.5. The standard InChI is InChI=1S/C15H17N3O2/c1-15(16,11-6-4-3-5-7-11)14(19)18-12-8-9-13(20-2)17-10-12/h3-10H,16H2,1-2H3,(H,18,19). The normalized spacial score (nSPS) is 13.3. The van der Waals surface area contributed by atoms with Crippen molar-refractivity contribution in [3.63, 3.8) is 0 Å². The first-order valence-electron chi connectivity index (χ1n) is 6.20. The second kappa shape index (κ2) is 5.71. The fourth-order valence-corrected chi connectivity index (χ4v) is 1.75. The van der Waals surface area contributed by atoms with E-state index < -0.39 is 5.54 Å². The van der Waals surface area contributed by atoms with Gasteiger partial charge in [0.25, 0.3) is 0 Å². The minimum absolute atomic E-state index is 0.296. The van der Waals surface area contributed by atoms with Gasteiger partial charge in [0.2, 0.25) is 11.8 Å². The van der Waals surface area contributed by atoms with Crippen LogP contribution in [-0.4, -0.2) is 18.0 Å². The lowest BCUT2D eigenvalue weighted by Gasteiger charge is -2.24. The molecule has 0 bridgehead atoms. The second-order valence-corrected chi connectivity index (χ2v) is 4.61. The number of rotatable bonds is 4. The summed E-state index contributed by atoms with van der Waals surface area (Å²) in [7, 11) is 1.53. The van der Waals surface area contributed by atoms with E-state index in [-0.39, 0.29) is 5.91 Å². The molecule has 0 aliphatic carbocycles. The number of methoxy groups -OCH3 is 1. The van der Waals surface area contributed by atoms with E-state index in [0.29, 0.717) is 11.6 Å². The Balaban J connectivity index is 2.14. The zero-order valence-corrected chi connectivity index (χ0v) is 11.5. The van der Waals surface area contributed by atoms with Gasteiger partial charge in [0.15, 0.2) is 0 Å². The van der Waals surface area contributed by atoms with Gasteiger partial charge in [-0.2, -0.15) is 0 Å². The molecule has 5 nitrogen and oxygen atoms in total. The topological polar surface area (TPSA) is 77.2 Å². The molecule has 1 heterocycles. The van der Waals surface area contributed by atoms with Crippen molar-refractivity contribution in [2.24, 2.45) is 5.73 Å². The first-order valence-corrected chi connectivity index (χ1v) is 6.20. The molecule has 1 aromatic heterocycles. The summed E-state index contributed by atoms with van der Waals surface area (Å²) < 4.78 is 4.96. The molecule has 1 unspecified atom stereocenters. The van der Waals surface area contributed by atoms with E-state index in [0.717, 1.165) is 5.56 Å². The summed E-state index contributed by atoms with van der Waals surface area (Å²) in [5.41, 5.74) is 6.34. The highest BCUT2D eigenvalue weighted by atomic mass is 16.5. The molecule has 104 valence electrons. The van der Waals surface area contributed by atoms with Gasteiger partial charge in [0.1, 0.15) is 5.54 Å². The fraction of sp³-hybridized carbons (Fsp3) is 0.200. The first kappa shape index (κ1) is 14.0. The van der Waals surface area contributed by atoms with Gasteiger partial charge < -0.3 is 15.8 Å². The second-order valence-electron chi connectivity index (χ2n) is 4.61. The van der Waals surface area contributed by atoms with Gasteiger partial charge in [-0.3, -0.25) is 4.79 Å². The van der Waals surface area contributed by atoms with Crippen LogP contribution in [0, 0.1) is 0 Å². The van der Waals surface area contributed by atoms with E-state index in [9.17, 15) is 4.79 Å². The van der Waals surface area contributed by atoms with E-state index in [1.165, 1.54) is 13.3 Å². The molecule has 1 amide bonds. The number of anilines is 1. The summed E-state index contributed by atoms with van der Waals surface area (Å²) in [4.78, 5) is 16.3.